The topological polar surface area (TPSA) is 91.8 Å². The molecule has 1 aromatic carbocycles. The van der Waals surface area contributed by atoms with E-state index >= 15 is 0 Å². The van der Waals surface area contributed by atoms with Gasteiger partial charge in [-0.25, -0.2) is 4.98 Å². The number of hydrogen-bond donors (Lipinski definition) is 2. The molecule has 8 heteroatoms. The molecule has 3 rings (SSSR count). The molecule has 1 aliphatic heterocycles. The number of carbonyl (C=O) groups is 2. The number of carbonyl (C=O) groups excluding carboxylic acids is 2. The first-order chi connectivity index (χ1) is 16.2. The number of aromatic nitrogens is 1. The van der Waals surface area contributed by atoms with Crippen LogP contribution in [0.2, 0.25) is 0 Å². The van der Waals surface area contributed by atoms with Crippen LogP contribution in [-0.4, -0.2) is 58.7 Å². The Morgan fingerprint density at radius 1 is 1.29 bits per heavy atom. The molecular formula is C26H37N3O4S. The van der Waals surface area contributed by atoms with Gasteiger partial charge in [-0.05, 0) is 29.9 Å². The maximum atomic E-state index is 13.1. The lowest BCUT2D eigenvalue weighted by atomic mass is 9.90. The molecule has 2 unspecified atom stereocenters. The van der Waals surface area contributed by atoms with Crippen molar-refractivity contribution in [3.05, 3.63) is 41.0 Å². The zero-order valence-electron chi connectivity index (χ0n) is 20.7. The predicted molar refractivity (Wildman–Crippen MR) is 134 cm³/mol. The van der Waals surface area contributed by atoms with Gasteiger partial charge in [0.1, 0.15) is 6.04 Å². The lowest BCUT2D eigenvalue weighted by Crippen LogP contribution is -2.46. The van der Waals surface area contributed by atoms with E-state index in [9.17, 15) is 14.7 Å². The minimum atomic E-state index is -0.562. The van der Waals surface area contributed by atoms with Crippen LogP contribution in [-0.2, 0) is 20.9 Å². The van der Waals surface area contributed by atoms with Crippen molar-refractivity contribution in [3.8, 4) is 10.4 Å². The Morgan fingerprint density at radius 3 is 2.65 bits per heavy atom. The first-order valence-corrected chi connectivity index (χ1v) is 12.9. The van der Waals surface area contributed by atoms with E-state index in [1.165, 1.54) is 0 Å². The average Bonchev–Trinajstić information content (AvgIpc) is 3.44. The Hall–Kier alpha value is -2.29. The van der Waals surface area contributed by atoms with Gasteiger partial charge < -0.3 is 20.1 Å². The van der Waals surface area contributed by atoms with Crippen LogP contribution >= 0.6 is 11.3 Å². The lowest BCUT2D eigenvalue weighted by molar-refractivity contribution is -0.140. The summed E-state index contributed by atoms with van der Waals surface area (Å²) in [7, 11) is 0. The van der Waals surface area contributed by atoms with Crippen LogP contribution in [0.1, 0.15) is 57.7 Å². The first kappa shape index (κ1) is 26.3. The number of nitrogens with zero attached hydrogens (tertiary/aromatic N) is 2. The molecule has 0 radical (unpaired) electrons. The summed E-state index contributed by atoms with van der Waals surface area (Å²) < 4.78 is 5.95. The monoisotopic (exact) mass is 487 g/mol. The molecular weight excluding hydrogens is 450 g/mol. The van der Waals surface area contributed by atoms with Gasteiger partial charge in [0.25, 0.3) is 0 Å². The van der Waals surface area contributed by atoms with Crippen LogP contribution in [0, 0.1) is 12.3 Å². The van der Waals surface area contributed by atoms with E-state index < -0.39 is 11.5 Å². The third-order valence-electron chi connectivity index (χ3n) is 6.22. The van der Waals surface area contributed by atoms with Crippen LogP contribution in [0.15, 0.2) is 29.8 Å². The Bertz CT molecular complexity index is 957. The molecule has 1 saturated heterocycles. The van der Waals surface area contributed by atoms with Gasteiger partial charge in [0, 0.05) is 39.1 Å². The number of likely N-dealkylation sites (tertiary alicyclic amines) is 1. The van der Waals surface area contributed by atoms with Crippen molar-refractivity contribution in [1.82, 2.24) is 15.2 Å². The smallest absolute Gasteiger partial charge is 0.243 e. The zero-order valence-corrected chi connectivity index (χ0v) is 21.5. The molecule has 2 N–H and O–H groups in total. The van der Waals surface area contributed by atoms with Gasteiger partial charge in [0.15, 0.2) is 0 Å². The van der Waals surface area contributed by atoms with Crippen molar-refractivity contribution in [2.45, 2.75) is 72.1 Å². The molecule has 0 aliphatic carbocycles. The highest BCUT2D eigenvalue weighted by atomic mass is 32.1. The summed E-state index contributed by atoms with van der Waals surface area (Å²) in [5, 5.41) is 12.6. The Kier molecular flexibility index (Phi) is 9.22. The number of amides is 2. The molecule has 0 bridgehead atoms. The quantitative estimate of drug-likeness (QED) is 0.469. The van der Waals surface area contributed by atoms with E-state index in [1.807, 2.05) is 50.5 Å². The highest BCUT2D eigenvalue weighted by Gasteiger charge is 2.41. The molecule has 1 aromatic heterocycles. The van der Waals surface area contributed by atoms with E-state index in [1.54, 1.807) is 16.2 Å². The number of hydrogen-bond acceptors (Lipinski definition) is 6. The van der Waals surface area contributed by atoms with Gasteiger partial charge in [0.05, 0.1) is 22.2 Å². The fourth-order valence-electron chi connectivity index (χ4n) is 4.06. The van der Waals surface area contributed by atoms with Crippen molar-refractivity contribution in [2.24, 2.45) is 5.41 Å². The molecule has 0 spiro atoms. The molecule has 2 aromatic rings. The highest BCUT2D eigenvalue weighted by molar-refractivity contribution is 7.13. The number of unbranched alkanes of at least 4 members (excludes halogenated alkanes) is 1. The van der Waals surface area contributed by atoms with E-state index in [-0.39, 0.29) is 30.9 Å². The summed E-state index contributed by atoms with van der Waals surface area (Å²) in [6.07, 6.45) is 2.52. The number of ether oxygens (including phenoxy) is 1. The molecule has 7 nitrogen and oxygen atoms in total. The van der Waals surface area contributed by atoms with Crippen LogP contribution < -0.4 is 5.32 Å². The Balaban J connectivity index is 1.63. The number of aliphatic hydroxyl groups excluding tert-OH is 1. The fraction of sp³-hybridized carbons (Fsp3) is 0.577. The van der Waals surface area contributed by atoms with Gasteiger partial charge >= 0.3 is 0 Å². The maximum absolute atomic E-state index is 13.1. The molecule has 2 atom stereocenters. The molecule has 186 valence electrons. The highest BCUT2D eigenvalue weighted by Crippen LogP contribution is 2.28. The minimum absolute atomic E-state index is 0.0864. The fourth-order valence-corrected chi connectivity index (χ4v) is 4.88. The van der Waals surface area contributed by atoms with Gasteiger partial charge in [-0.2, -0.15) is 0 Å². The number of thiazole rings is 1. The second-order valence-electron chi connectivity index (χ2n) is 9.82. The normalized spacial score (nSPS) is 18.3. The zero-order chi connectivity index (χ0) is 24.7. The number of aryl methyl sites for hydroxylation is 1. The Labute approximate surface area is 206 Å². The summed E-state index contributed by atoms with van der Waals surface area (Å²) >= 11 is 1.61. The van der Waals surface area contributed by atoms with Crippen molar-refractivity contribution in [3.63, 3.8) is 0 Å². The third-order valence-corrected chi connectivity index (χ3v) is 7.20. The molecule has 2 amide bonds. The van der Waals surface area contributed by atoms with Gasteiger partial charge in [-0.15, -0.1) is 11.3 Å². The standard InChI is InChI=1S/C26H37N3O4S/c1-5-6-11-33-21-12-22(29(15-21)23(31)13-26(3,4)16-30)25(32)27-14-19-7-9-20(10-8-19)24-18(2)28-17-34-24/h7-10,17,21-22,30H,5-6,11-16H2,1-4H3,(H,27,32). The second kappa shape index (κ2) is 11.9. The van der Waals surface area contributed by atoms with E-state index in [4.69, 9.17) is 4.74 Å². The van der Waals surface area contributed by atoms with Crippen LogP contribution in [0.5, 0.6) is 0 Å². The molecule has 0 saturated carbocycles. The van der Waals surface area contributed by atoms with Crippen molar-refractivity contribution < 1.29 is 19.4 Å². The summed E-state index contributed by atoms with van der Waals surface area (Å²) in [6.45, 7) is 9.14. The Morgan fingerprint density at radius 2 is 2.03 bits per heavy atom. The van der Waals surface area contributed by atoms with E-state index in [0.29, 0.717) is 26.1 Å². The van der Waals surface area contributed by atoms with Crippen LogP contribution in [0.4, 0.5) is 0 Å². The summed E-state index contributed by atoms with van der Waals surface area (Å²) in [4.78, 5) is 33.3. The summed E-state index contributed by atoms with van der Waals surface area (Å²) in [5.74, 6) is -0.288. The lowest BCUT2D eigenvalue weighted by Gasteiger charge is -2.28. The number of rotatable bonds is 11. The van der Waals surface area contributed by atoms with Crippen LogP contribution in [0.3, 0.4) is 0 Å². The van der Waals surface area contributed by atoms with Gasteiger partial charge in [-0.3, -0.25) is 9.59 Å². The third kappa shape index (κ3) is 6.87. The van der Waals surface area contributed by atoms with Crippen molar-refractivity contribution in [2.75, 3.05) is 19.8 Å². The summed E-state index contributed by atoms with van der Waals surface area (Å²) in [5.41, 5.74) is 4.43. The van der Waals surface area contributed by atoms with E-state index in [2.05, 4.69) is 17.2 Å². The van der Waals surface area contributed by atoms with Crippen molar-refractivity contribution in [1.29, 1.82) is 0 Å². The number of benzene rings is 1. The van der Waals surface area contributed by atoms with Crippen molar-refractivity contribution >= 4 is 23.2 Å². The summed E-state index contributed by atoms with van der Waals surface area (Å²) in [6, 6.07) is 7.54. The second-order valence-corrected chi connectivity index (χ2v) is 10.7. The van der Waals surface area contributed by atoms with Gasteiger partial charge in [0.2, 0.25) is 11.8 Å². The largest absolute Gasteiger partial charge is 0.396 e. The number of nitrogens with one attached hydrogen (secondary N) is 1. The van der Waals surface area contributed by atoms with Crippen LogP contribution in [0.25, 0.3) is 10.4 Å². The van der Waals surface area contributed by atoms with E-state index in [0.717, 1.165) is 34.5 Å². The molecule has 1 fully saturated rings. The first-order valence-electron chi connectivity index (χ1n) is 12.0. The molecule has 1 aliphatic rings. The van der Waals surface area contributed by atoms with Gasteiger partial charge in [-0.1, -0.05) is 51.5 Å². The predicted octanol–water partition coefficient (Wildman–Crippen LogP) is 3.93. The minimum Gasteiger partial charge on any atom is -0.396 e. The average molecular weight is 488 g/mol. The molecule has 34 heavy (non-hydrogen) atoms. The number of aliphatic hydroxyl groups is 1. The molecule has 2 heterocycles. The SMILES string of the molecule is CCCCOC1CC(C(=O)NCc2ccc(-c3scnc3C)cc2)N(C(=O)CC(C)(C)CO)C1. The maximum Gasteiger partial charge on any atom is 0.243 e.